The number of hydrogen-bond acceptors (Lipinski definition) is 1. The molecule has 0 saturated heterocycles. The molecule has 0 aromatic heterocycles. The van der Waals surface area contributed by atoms with E-state index in [1.165, 1.54) is 51.5 Å². The normalized spacial score (nSPS) is 41.2. The molecule has 1 heteroatoms. The van der Waals surface area contributed by atoms with Gasteiger partial charge in [0.1, 0.15) is 0 Å². The van der Waals surface area contributed by atoms with Crippen molar-refractivity contribution in [2.75, 3.05) is 13.6 Å². The van der Waals surface area contributed by atoms with Crippen molar-refractivity contribution in [3.05, 3.63) is 0 Å². The second kappa shape index (κ2) is 5.34. The van der Waals surface area contributed by atoms with Crippen molar-refractivity contribution in [1.29, 1.82) is 0 Å². The smallest absolute Gasteiger partial charge is 0.00208 e. The molecular formula is C14H27N. The quantitative estimate of drug-likeness (QED) is 0.748. The molecule has 2 saturated carbocycles. The minimum Gasteiger partial charge on any atom is -0.319 e. The lowest BCUT2D eigenvalue weighted by Gasteiger charge is -2.47. The summed E-state index contributed by atoms with van der Waals surface area (Å²) in [5.74, 6) is 4.22. The van der Waals surface area contributed by atoms with Gasteiger partial charge < -0.3 is 5.32 Å². The second-order valence-electron chi connectivity index (χ2n) is 5.68. The van der Waals surface area contributed by atoms with E-state index in [1.807, 2.05) is 0 Å². The van der Waals surface area contributed by atoms with Crippen LogP contribution in [0.15, 0.2) is 0 Å². The van der Waals surface area contributed by atoms with Crippen LogP contribution in [-0.4, -0.2) is 13.6 Å². The Hall–Kier alpha value is -0.0400. The molecule has 4 unspecified atom stereocenters. The second-order valence-corrected chi connectivity index (χ2v) is 5.68. The average molecular weight is 209 g/mol. The van der Waals surface area contributed by atoms with Crippen molar-refractivity contribution < 1.29 is 0 Å². The van der Waals surface area contributed by atoms with Crippen molar-refractivity contribution in [3.63, 3.8) is 0 Å². The molecule has 0 aliphatic heterocycles. The van der Waals surface area contributed by atoms with Crippen LogP contribution in [0.3, 0.4) is 0 Å². The topological polar surface area (TPSA) is 12.0 Å². The molecule has 0 bridgehead atoms. The minimum absolute atomic E-state index is 1.01. The Morgan fingerprint density at radius 1 is 0.933 bits per heavy atom. The minimum atomic E-state index is 1.01. The summed E-state index contributed by atoms with van der Waals surface area (Å²) in [4.78, 5) is 0. The van der Waals surface area contributed by atoms with Gasteiger partial charge in [-0.25, -0.2) is 0 Å². The lowest BCUT2D eigenvalue weighted by Crippen LogP contribution is -2.41. The molecule has 2 aliphatic rings. The van der Waals surface area contributed by atoms with E-state index in [4.69, 9.17) is 0 Å². The summed E-state index contributed by atoms with van der Waals surface area (Å²) in [6.07, 6.45) is 10.5. The predicted octanol–water partition coefficient (Wildman–Crippen LogP) is 3.45. The van der Waals surface area contributed by atoms with Gasteiger partial charge in [-0.05, 0) is 56.5 Å². The van der Waals surface area contributed by atoms with E-state index in [0.717, 1.165) is 23.7 Å². The van der Waals surface area contributed by atoms with Gasteiger partial charge >= 0.3 is 0 Å². The first-order valence-corrected chi connectivity index (χ1v) is 7.01. The molecule has 2 rings (SSSR count). The molecule has 0 spiro atoms. The predicted molar refractivity (Wildman–Crippen MR) is 65.9 cm³/mol. The Morgan fingerprint density at radius 2 is 1.67 bits per heavy atom. The maximum absolute atomic E-state index is 3.37. The van der Waals surface area contributed by atoms with Crippen molar-refractivity contribution in [2.24, 2.45) is 23.7 Å². The highest BCUT2D eigenvalue weighted by Crippen LogP contribution is 2.48. The molecule has 0 amide bonds. The summed E-state index contributed by atoms with van der Waals surface area (Å²) in [5.41, 5.74) is 0. The first-order chi connectivity index (χ1) is 7.36. The SMILES string of the molecule is CCC1CCCCC1C1CCC1CNC. The van der Waals surface area contributed by atoms with E-state index < -0.39 is 0 Å². The summed E-state index contributed by atoms with van der Waals surface area (Å²) in [6, 6.07) is 0. The monoisotopic (exact) mass is 209 g/mol. The third-order valence-corrected chi connectivity index (χ3v) is 4.98. The highest BCUT2D eigenvalue weighted by atomic mass is 14.8. The van der Waals surface area contributed by atoms with Gasteiger partial charge in [0.05, 0.1) is 0 Å². The zero-order valence-electron chi connectivity index (χ0n) is 10.5. The summed E-state index contributed by atoms with van der Waals surface area (Å²) in [6.45, 7) is 3.66. The standard InChI is InChI=1S/C14H27N/c1-3-11-6-4-5-7-13(11)14-9-8-12(14)10-15-2/h11-15H,3-10H2,1-2H3. The summed E-state index contributed by atoms with van der Waals surface area (Å²) in [5, 5.41) is 3.37. The molecule has 0 radical (unpaired) electrons. The van der Waals surface area contributed by atoms with Crippen LogP contribution >= 0.6 is 0 Å². The van der Waals surface area contributed by atoms with Crippen LogP contribution in [0, 0.1) is 23.7 Å². The zero-order chi connectivity index (χ0) is 10.7. The van der Waals surface area contributed by atoms with Crippen LogP contribution in [0.4, 0.5) is 0 Å². The van der Waals surface area contributed by atoms with Crippen LogP contribution in [0.5, 0.6) is 0 Å². The Bertz CT molecular complexity index is 190. The molecule has 0 aromatic carbocycles. The lowest BCUT2D eigenvalue weighted by molar-refractivity contribution is 0.0404. The van der Waals surface area contributed by atoms with E-state index in [9.17, 15) is 0 Å². The van der Waals surface area contributed by atoms with Crippen LogP contribution in [-0.2, 0) is 0 Å². The molecular weight excluding hydrogens is 182 g/mol. The average Bonchev–Trinajstić information content (AvgIpc) is 2.25. The van der Waals surface area contributed by atoms with Gasteiger partial charge in [-0.15, -0.1) is 0 Å². The Balaban J connectivity index is 1.90. The molecule has 4 atom stereocenters. The molecule has 15 heavy (non-hydrogen) atoms. The lowest BCUT2D eigenvalue weighted by atomic mass is 9.59. The van der Waals surface area contributed by atoms with E-state index in [1.54, 1.807) is 0 Å². The van der Waals surface area contributed by atoms with Crippen LogP contribution < -0.4 is 5.32 Å². The maximum Gasteiger partial charge on any atom is -0.00208 e. The number of hydrogen-bond donors (Lipinski definition) is 1. The van der Waals surface area contributed by atoms with E-state index in [2.05, 4.69) is 19.3 Å². The van der Waals surface area contributed by atoms with Crippen LogP contribution in [0.2, 0.25) is 0 Å². The Labute approximate surface area is 95.0 Å². The van der Waals surface area contributed by atoms with Crippen molar-refractivity contribution in [3.8, 4) is 0 Å². The summed E-state index contributed by atoms with van der Waals surface area (Å²) >= 11 is 0. The fourth-order valence-corrected chi connectivity index (χ4v) is 3.98. The fraction of sp³-hybridized carbons (Fsp3) is 1.00. The molecule has 1 nitrogen and oxygen atoms in total. The van der Waals surface area contributed by atoms with Gasteiger partial charge in [0.15, 0.2) is 0 Å². The van der Waals surface area contributed by atoms with Gasteiger partial charge in [-0.1, -0.05) is 32.6 Å². The van der Waals surface area contributed by atoms with Gasteiger partial charge in [0.25, 0.3) is 0 Å². The highest BCUT2D eigenvalue weighted by molar-refractivity contribution is 4.90. The molecule has 2 aliphatic carbocycles. The van der Waals surface area contributed by atoms with Crippen molar-refractivity contribution >= 4 is 0 Å². The summed E-state index contributed by atoms with van der Waals surface area (Å²) < 4.78 is 0. The molecule has 1 N–H and O–H groups in total. The zero-order valence-corrected chi connectivity index (χ0v) is 10.5. The van der Waals surface area contributed by atoms with Gasteiger partial charge in [0.2, 0.25) is 0 Å². The number of rotatable bonds is 4. The van der Waals surface area contributed by atoms with Crippen molar-refractivity contribution in [2.45, 2.75) is 51.9 Å². The fourth-order valence-electron chi connectivity index (χ4n) is 3.98. The Morgan fingerprint density at radius 3 is 2.27 bits per heavy atom. The molecule has 88 valence electrons. The first-order valence-electron chi connectivity index (χ1n) is 7.01. The van der Waals surface area contributed by atoms with Crippen LogP contribution in [0.25, 0.3) is 0 Å². The maximum atomic E-state index is 3.37. The Kier molecular flexibility index (Phi) is 4.07. The van der Waals surface area contributed by atoms with Crippen molar-refractivity contribution in [1.82, 2.24) is 5.32 Å². The van der Waals surface area contributed by atoms with E-state index >= 15 is 0 Å². The third kappa shape index (κ3) is 2.38. The van der Waals surface area contributed by atoms with Gasteiger partial charge in [0, 0.05) is 0 Å². The molecule has 0 aromatic rings. The van der Waals surface area contributed by atoms with E-state index in [-0.39, 0.29) is 0 Å². The van der Waals surface area contributed by atoms with Gasteiger partial charge in [-0.3, -0.25) is 0 Å². The summed E-state index contributed by atoms with van der Waals surface area (Å²) in [7, 11) is 2.10. The molecule has 0 heterocycles. The van der Waals surface area contributed by atoms with E-state index in [0.29, 0.717) is 0 Å². The largest absolute Gasteiger partial charge is 0.319 e. The third-order valence-electron chi connectivity index (χ3n) is 4.98. The number of nitrogens with one attached hydrogen (secondary N) is 1. The highest BCUT2D eigenvalue weighted by Gasteiger charge is 2.39. The first kappa shape index (κ1) is 11.4. The van der Waals surface area contributed by atoms with Gasteiger partial charge in [-0.2, -0.15) is 0 Å². The van der Waals surface area contributed by atoms with Crippen LogP contribution in [0.1, 0.15) is 51.9 Å². The molecule has 2 fully saturated rings.